The summed E-state index contributed by atoms with van der Waals surface area (Å²) >= 11 is 0. The van der Waals surface area contributed by atoms with Crippen LogP contribution in [0.25, 0.3) is 0 Å². The lowest BCUT2D eigenvalue weighted by Crippen LogP contribution is -2.22. The van der Waals surface area contributed by atoms with Crippen molar-refractivity contribution in [1.82, 2.24) is 9.55 Å². The topological polar surface area (TPSA) is 38.0 Å². The van der Waals surface area contributed by atoms with E-state index in [4.69, 9.17) is 0 Å². The molecule has 0 aliphatic heterocycles. The van der Waals surface area contributed by atoms with Crippen molar-refractivity contribution in [3.8, 4) is 0 Å². The zero-order valence-electron chi connectivity index (χ0n) is 13.4. The molecule has 0 bridgehead atoms. The predicted octanol–water partition coefficient (Wildman–Crippen LogP) is 4.56. The average Bonchev–Trinajstić information content (AvgIpc) is 3.04. The van der Waals surface area contributed by atoms with Crippen molar-refractivity contribution in [3.63, 3.8) is 0 Å². The zero-order valence-corrected chi connectivity index (χ0v) is 13.4. The van der Waals surface area contributed by atoms with Crippen LogP contribution in [-0.2, 0) is 6.54 Å². The fourth-order valence-corrected chi connectivity index (χ4v) is 3.53. The lowest BCUT2D eigenvalue weighted by atomic mass is 9.83. The molecule has 3 heteroatoms. The largest absolute Gasteiger partial charge is 0.393 e. The molecule has 21 heavy (non-hydrogen) atoms. The summed E-state index contributed by atoms with van der Waals surface area (Å²) in [5, 5.41) is 10.2. The molecule has 1 aliphatic rings. The molecule has 1 heterocycles. The number of imidazole rings is 1. The monoisotopic (exact) mass is 292 g/mol. The van der Waals surface area contributed by atoms with Gasteiger partial charge in [0.15, 0.2) is 0 Å². The van der Waals surface area contributed by atoms with Crippen molar-refractivity contribution in [2.45, 2.75) is 89.7 Å². The lowest BCUT2D eigenvalue weighted by Gasteiger charge is -2.26. The van der Waals surface area contributed by atoms with Crippen molar-refractivity contribution in [2.24, 2.45) is 5.92 Å². The molecule has 0 saturated heterocycles. The van der Waals surface area contributed by atoms with Gasteiger partial charge in [-0.25, -0.2) is 4.98 Å². The molecule has 1 aromatic heterocycles. The molecular formula is C18H32N2O. The first-order chi connectivity index (χ1) is 10.4. The van der Waals surface area contributed by atoms with Gasteiger partial charge in [0.2, 0.25) is 0 Å². The Morgan fingerprint density at radius 1 is 1.00 bits per heavy atom. The summed E-state index contributed by atoms with van der Waals surface area (Å²) in [6.45, 7) is 1.10. The van der Waals surface area contributed by atoms with Gasteiger partial charge in [-0.15, -0.1) is 0 Å². The number of unbranched alkanes of at least 4 members (excludes halogenated alkanes) is 5. The van der Waals surface area contributed by atoms with E-state index in [1.54, 1.807) is 0 Å². The number of rotatable bonds is 10. The van der Waals surface area contributed by atoms with Gasteiger partial charge in [0.1, 0.15) is 0 Å². The molecule has 1 atom stereocenters. The van der Waals surface area contributed by atoms with Crippen LogP contribution in [0, 0.1) is 5.92 Å². The first-order valence-electron chi connectivity index (χ1n) is 9.00. The second-order valence-corrected chi connectivity index (χ2v) is 6.68. The smallest absolute Gasteiger partial charge is 0.0945 e. The van der Waals surface area contributed by atoms with Gasteiger partial charge < -0.3 is 9.67 Å². The molecule has 2 rings (SSSR count). The highest BCUT2D eigenvalue weighted by molar-refractivity contribution is 4.74. The third kappa shape index (κ3) is 6.64. The van der Waals surface area contributed by atoms with Crippen LogP contribution in [0.3, 0.4) is 0 Å². The summed E-state index contributed by atoms with van der Waals surface area (Å²) < 4.78 is 2.15. The Morgan fingerprint density at radius 3 is 2.43 bits per heavy atom. The zero-order chi connectivity index (χ0) is 14.8. The molecule has 1 aliphatic carbocycles. The number of nitrogens with zero attached hydrogens (tertiary/aromatic N) is 2. The highest BCUT2D eigenvalue weighted by Crippen LogP contribution is 2.28. The minimum Gasteiger partial charge on any atom is -0.393 e. The molecule has 1 N–H and O–H groups in total. The summed E-state index contributed by atoms with van der Waals surface area (Å²) in [4.78, 5) is 4.06. The summed E-state index contributed by atoms with van der Waals surface area (Å²) in [5.74, 6) is 0.605. The van der Waals surface area contributed by atoms with Crippen LogP contribution in [0.5, 0.6) is 0 Å². The fraction of sp³-hybridized carbons (Fsp3) is 0.833. The van der Waals surface area contributed by atoms with Gasteiger partial charge in [-0.3, -0.25) is 0 Å². The Kier molecular flexibility index (Phi) is 7.87. The number of hydrogen-bond acceptors (Lipinski definition) is 2. The van der Waals surface area contributed by atoms with E-state index in [9.17, 15) is 5.11 Å². The highest BCUT2D eigenvalue weighted by atomic mass is 16.3. The second-order valence-electron chi connectivity index (χ2n) is 6.68. The van der Waals surface area contributed by atoms with E-state index in [0.29, 0.717) is 5.92 Å². The standard InChI is InChI=1S/C18H32N2O/c21-18(17-10-6-5-7-11-17)12-8-3-1-2-4-9-14-20-15-13-19-16-20/h13,15-18,21H,1-12,14H2. The molecular weight excluding hydrogens is 260 g/mol. The van der Waals surface area contributed by atoms with Crippen molar-refractivity contribution < 1.29 is 5.11 Å². The van der Waals surface area contributed by atoms with Crippen LogP contribution >= 0.6 is 0 Å². The molecule has 0 radical (unpaired) electrons. The van der Waals surface area contributed by atoms with Gasteiger partial charge in [0, 0.05) is 18.9 Å². The number of aliphatic hydroxyl groups excluding tert-OH is 1. The van der Waals surface area contributed by atoms with Crippen LogP contribution in [-0.4, -0.2) is 20.8 Å². The minimum absolute atomic E-state index is 0.0217. The van der Waals surface area contributed by atoms with Gasteiger partial charge in [-0.1, -0.05) is 51.4 Å². The summed E-state index contributed by atoms with van der Waals surface area (Å²) in [6, 6.07) is 0. The second kappa shape index (κ2) is 9.99. The molecule has 0 spiro atoms. The minimum atomic E-state index is -0.0217. The predicted molar refractivity (Wildman–Crippen MR) is 87.1 cm³/mol. The first-order valence-corrected chi connectivity index (χ1v) is 9.00. The normalized spacial score (nSPS) is 18.0. The van der Waals surface area contributed by atoms with Crippen LogP contribution in [0.15, 0.2) is 18.7 Å². The number of aliphatic hydroxyl groups is 1. The average molecular weight is 292 g/mol. The quantitative estimate of drug-likeness (QED) is 0.642. The van der Waals surface area contributed by atoms with Gasteiger partial charge >= 0.3 is 0 Å². The Bertz CT molecular complexity index is 344. The molecule has 1 saturated carbocycles. The maximum Gasteiger partial charge on any atom is 0.0945 e. The molecule has 120 valence electrons. The summed E-state index contributed by atoms with van der Waals surface area (Å²) in [6.07, 6.45) is 21.0. The van der Waals surface area contributed by atoms with E-state index in [2.05, 4.69) is 9.55 Å². The van der Waals surface area contributed by atoms with Gasteiger partial charge in [-0.2, -0.15) is 0 Å². The summed E-state index contributed by atoms with van der Waals surface area (Å²) in [7, 11) is 0. The van der Waals surface area contributed by atoms with Crippen LogP contribution < -0.4 is 0 Å². The number of aryl methyl sites for hydroxylation is 1. The Balaban J connectivity index is 1.39. The Hall–Kier alpha value is -0.830. The highest BCUT2D eigenvalue weighted by Gasteiger charge is 2.20. The molecule has 1 fully saturated rings. The van der Waals surface area contributed by atoms with Crippen molar-refractivity contribution in [3.05, 3.63) is 18.7 Å². The molecule has 1 unspecified atom stereocenters. The first kappa shape index (κ1) is 16.5. The third-order valence-electron chi connectivity index (χ3n) is 4.92. The molecule has 1 aromatic rings. The van der Waals surface area contributed by atoms with Crippen LogP contribution in [0.4, 0.5) is 0 Å². The van der Waals surface area contributed by atoms with E-state index in [-0.39, 0.29) is 6.10 Å². The van der Waals surface area contributed by atoms with E-state index < -0.39 is 0 Å². The van der Waals surface area contributed by atoms with Gasteiger partial charge in [0.05, 0.1) is 12.4 Å². The fourth-order valence-electron chi connectivity index (χ4n) is 3.53. The van der Waals surface area contributed by atoms with Gasteiger partial charge in [-0.05, 0) is 31.6 Å². The van der Waals surface area contributed by atoms with Crippen molar-refractivity contribution in [2.75, 3.05) is 0 Å². The third-order valence-corrected chi connectivity index (χ3v) is 4.92. The van der Waals surface area contributed by atoms with E-state index in [0.717, 1.165) is 13.0 Å². The van der Waals surface area contributed by atoms with E-state index >= 15 is 0 Å². The maximum atomic E-state index is 10.2. The molecule has 0 aromatic carbocycles. The van der Waals surface area contributed by atoms with Crippen molar-refractivity contribution >= 4 is 0 Å². The van der Waals surface area contributed by atoms with Crippen LogP contribution in [0.2, 0.25) is 0 Å². The van der Waals surface area contributed by atoms with Crippen molar-refractivity contribution in [1.29, 1.82) is 0 Å². The molecule has 3 nitrogen and oxygen atoms in total. The maximum absolute atomic E-state index is 10.2. The number of hydrogen-bond donors (Lipinski definition) is 1. The van der Waals surface area contributed by atoms with E-state index in [1.807, 2.05) is 18.7 Å². The summed E-state index contributed by atoms with van der Waals surface area (Å²) in [5.41, 5.74) is 0. The molecule has 0 amide bonds. The van der Waals surface area contributed by atoms with Gasteiger partial charge in [0.25, 0.3) is 0 Å². The number of aromatic nitrogens is 2. The SMILES string of the molecule is OC(CCCCCCCCn1ccnc1)C1CCCCC1. The van der Waals surface area contributed by atoms with E-state index in [1.165, 1.54) is 70.6 Å². The van der Waals surface area contributed by atoms with Crippen LogP contribution in [0.1, 0.15) is 77.0 Å². The lowest BCUT2D eigenvalue weighted by molar-refractivity contribution is 0.0748. The Morgan fingerprint density at radius 2 is 1.71 bits per heavy atom. The Labute approximate surface area is 129 Å².